The number of hydrogen-bond acceptors (Lipinski definition) is 10. The summed E-state index contributed by atoms with van der Waals surface area (Å²) in [5.74, 6) is -2.30. The number of carbonyl (C=O) groups excluding carboxylic acids is 1. The topological polar surface area (TPSA) is 169 Å². The zero-order chi connectivity index (χ0) is 29.1. The molecule has 0 spiro atoms. The Hall–Kier alpha value is -3.40. The van der Waals surface area contributed by atoms with Gasteiger partial charge in [0.1, 0.15) is 28.8 Å². The highest BCUT2D eigenvalue weighted by atomic mass is 32.1. The maximum atomic E-state index is 14.7. The number of aromatic nitrogens is 6. The van der Waals surface area contributed by atoms with Crippen molar-refractivity contribution in [3.63, 3.8) is 0 Å². The number of phosphoric acid groups is 1. The average Bonchev–Trinajstić information content (AvgIpc) is 3.69. The van der Waals surface area contributed by atoms with Crippen LogP contribution in [-0.2, 0) is 20.6 Å². The predicted molar refractivity (Wildman–Crippen MR) is 140 cm³/mol. The van der Waals surface area contributed by atoms with Crippen molar-refractivity contribution in [1.29, 1.82) is 0 Å². The van der Waals surface area contributed by atoms with Gasteiger partial charge in [-0.2, -0.15) is 14.6 Å². The highest BCUT2D eigenvalue weighted by Crippen LogP contribution is 2.35. The quantitative estimate of drug-likeness (QED) is 0.200. The van der Waals surface area contributed by atoms with Crippen LogP contribution in [0.2, 0.25) is 0 Å². The van der Waals surface area contributed by atoms with Crippen LogP contribution in [0.5, 0.6) is 0 Å². The summed E-state index contributed by atoms with van der Waals surface area (Å²) >= 11 is 1.13. The third-order valence-corrected chi connectivity index (χ3v) is 7.74. The van der Waals surface area contributed by atoms with Gasteiger partial charge in [0.2, 0.25) is 5.95 Å². The third kappa shape index (κ3) is 7.09. The van der Waals surface area contributed by atoms with Crippen molar-refractivity contribution in [3.05, 3.63) is 53.6 Å². The second kappa shape index (κ2) is 12.2. The van der Waals surface area contributed by atoms with Crippen LogP contribution >= 0.6 is 19.2 Å². The van der Waals surface area contributed by atoms with Crippen LogP contribution in [0.3, 0.4) is 0 Å². The molecule has 1 atom stereocenters. The summed E-state index contributed by atoms with van der Waals surface area (Å²) < 4.78 is 52.3. The molecule has 4 aromatic rings. The van der Waals surface area contributed by atoms with Crippen LogP contribution in [0.4, 0.5) is 14.5 Å². The largest absolute Gasteiger partial charge is 0.756 e. The number of rotatable bonds is 10. The monoisotopic (exact) mass is 608 g/mol. The molecule has 5 rings (SSSR count). The van der Waals surface area contributed by atoms with Crippen molar-refractivity contribution in [2.75, 3.05) is 11.9 Å². The van der Waals surface area contributed by atoms with E-state index < -0.39 is 32.2 Å². The van der Waals surface area contributed by atoms with Crippen LogP contribution in [0, 0.1) is 11.8 Å². The lowest BCUT2D eigenvalue weighted by Crippen LogP contribution is -2.24. The second-order valence-electron chi connectivity index (χ2n) is 9.21. The van der Waals surface area contributed by atoms with E-state index in [0.29, 0.717) is 17.2 Å². The molecule has 0 saturated heterocycles. The van der Waals surface area contributed by atoms with Crippen molar-refractivity contribution >= 4 is 30.8 Å². The van der Waals surface area contributed by atoms with Crippen molar-refractivity contribution in [2.45, 2.75) is 51.5 Å². The molecule has 41 heavy (non-hydrogen) atoms. The van der Waals surface area contributed by atoms with E-state index in [2.05, 4.69) is 30.0 Å². The van der Waals surface area contributed by atoms with E-state index in [1.54, 1.807) is 10.9 Å². The number of amides is 1. The average molecular weight is 609 g/mol. The molecule has 4 heterocycles. The Balaban J connectivity index is 1.37. The van der Waals surface area contributed by atoms with E-state index in [1.807, 2.05) is 6.92 Å². The fourth-order valence-corrected chi connectivity index (χ4v) is 5.56. The van der Waals surface area contributed by atoms with Gasteiger partial charge in [-0.3, -0.25) is 18.6 Å². The number of nitrogens with zero attached hydrogens (tertiary/aromatic N) is 6. The van der Waals surface area contributed by atoms with Gasteiger partial charge in [-0.1, -0.05) is 0 Å². The molecular weight excluding hydrogens is 583 g/mol. The minimum absolute atomic E-state index is 0.0152. The van der Waals surface area contributed by atoms with E-state index in [4.69, 9.17) is 9.63 Å². The smallest absolute Gasteiger partial charge is 0.275 e. The van der Waals surface area contributed by atoms with E-state index in [9.17, 15) is 23.0 Å². The molecule has 0 aromatic carbocycles. The first-order valence-electron chi connectivity index (χ1n) is 12.6. The van der Waals surface area contributed by atoms with Gasteiger partial charge in [0.15, 0.2) is 5.82 Å². The normalized spacial score (nSPS) is 18.8. The molecule has 218 valence electrons. The van der Waals surface area contributed by atoms with Crippen molar-refractivity contribution in [3.8, 4) is 22.0 Å². The summed E-state index contributed by atoms with van der Waals surface area (Å²) in [7, 11) is -4.92. The molecule has 1 saturated carbocycles. The summed E-state index contributed by atoms with van der Waals surface area (Å²) in [6.07, 6.45) is 7.72. The molecule has 0 radical (unpaired) electrons. The van der Waals surface area contributed by atoms with E-state index in [-0.39, 0.29) is 34.9 Å². The minimum Gasteiger partial charge on any atom is -0.756 e. The van der Waals surface area contributed by atoms with Crippen LogP contribution in [0.1, 0.15) is 49.1 Å². The fourth-order valence-electron chi connectivity index (χ4n) is 4.52. The first-order chi connectivity index (χ1) is 19.6. The number of pyridine rings is 1. The Morgan fingerprint density at radius 3 is 2.73 bits per heavy atom. The van der Waals surface area contributed by atoms with Crippen LogP contribution in [-0.4, -0.2) is 53.0 Å². The molecule has 1 amide bonds. The van der Waals surface area contributed by atoms with Crippen molar-refractivity contribution < 1.29 is 37.2 Å². The Morgan fingerprint density at radius 1 is 1.22 bits per heavy atom. The van der Waals surface area contributed by atoms with Crippen LogP contribution in [0.15, 0.2) is 36.1 Å². The highest BCUT2D eigenvalue weighted by Gasteiger charge is 2.27. The summed E-state index contributed by atoms with van der Waals surface area (Å²) in [6.45, 7) is 2.04. The van der Waals surface area contributed by atoms with Crippen molar-refractivity contribution in [2.24, 2.45) is 0 Å². The maximum absolute atomic E-state index is 14.7. The zero-order valence-electron chi connectivity index (χ0n) is 21.6. The van der Waals surface area contributed by atoms with Gasteiger partial charge >= 0.3 is 0 Å². The molecule has 0 bridgehead atoms. The Morgan fingerprint density at radius 2 is 2.00 bits per heavy atom. The van der Waals surface area contributed by atoms with E-state index >= 15 is 0 Å². The molecule has 1 aliphatic rings. The standard InChI is InChI=1S/C24H26F2N7O6PS/c1-2-38-16-5-3-15(4-6-16)33-11-18(22(31-33)21-17(25)7-8-20(26)30-21)28-23(34)19-12-41-24(29-19)14-9-27-32(10-14)13-39-40(35,36)37/h7-12,15-16H,2-6,13H2,1H3,(H,28,34)(H2,35,36,37)/p-1. The molecule has 2 N–H and O–H groups in total. The lowest BCUT2D eigenvalue weighted by Gasteiger charge is -2.28. The summed E-state index contributed by atoms with van der Waals surface area (Å²) in [5.41, 5.74) is 0.305. The van der Waals surface area contributed by atoms with Gasteiger partial charge < -0.3 is 19.8 Å². The lowest BCUT2D eigenvalue weighted by atomic mass is 9.93. The van der Waals surface area contributed by atoms with E-state index in [1.165, 1.54) is 17.8 Å². The van der Waals surface area contributed by atoms with Gasteiger partial charge in [0, 0.05) is 29.9 Å². The molecular formula is C24H25F2N7O6PS-. The molecule has 13 nitrogen and oxygen atoms in total. The van der Waals surface area contributed by atoms with Crippen LogP contribution < -0.4 is 10.2 Å². The van der Waals surface area contributed by atoms with Gasteiger partial charge in [-0.15, -0.1) is 11.3 Å². The zero-order valence-corrected chi connectivity index (χ0v) is 23.4. The fraction of sp³-hybridized carbons (Fsp3) is 0.375. The number of halogens is 2. The minimum atomic E-state index is -4.92. The third-order valence-electron chi connectivity index (χ3n) is 6.41. The van der Waals surface area contributed by atoms with Crippen LogP contribution in [0.25, 0.3) is 22.0 Å². The number of thiazole rings is 1. The van der Waals surface area contributed by atoms with Gasteiger partial charge in [-0.25, -0.2) is 19.0 Å². The maximum Gasteiger partial charge on any atom is 0.275 e. The summed E-state index contributed by atoms with van der Waals surface area (Å²) in [4.78, 5) is 40.7. The first kappa shape index (κ1) is 29.1. The van der Waals surface area contributed by atoms with Gasteiger partial charge in [-0.05, 0) is 44.7 Å². The highest BCUT2D eigenvalue weighted by molar-refractivity contribution is 7.44. The van der Waals surface area contributed by atoms with Gasteiger partial charge in [0.25, 0.3) is 13.7 Å². The van der Waals surface area contributed by atoms with Crippen molar-refractivity contribution in [1.82, 2.24) is 29.5 Å². The molecule has 4 aromatic heterocycles. The molecule has 1 aliphatic carbocycles. The first-order valence-corrected chi connectivity index (χ1v) is 15.0. The summed E-state index contributed by atoms with van der Waals surface area (Å²) in [5, 5.41) is 13.0. The second-order valence-corrected chi connectivity index (χ2v) is 11.3. The predicted octanol–water partition coefficient (Wildman–Crippen LogP) is 3.75. The number of carbonyl (C=O) groups is 1. The molecule has 1 unspecified atom stereocenters. The number of hydrogen-bond donors (Lipinski definition) is 2. The number of phosphoric ester groups is 1. The molecule has 0 aliphatic heterocycles. The summed E-state index contributed by atoms with van der Waals surface area (Å²) in [6, 6.07) is 1.82. The SMILES string of the molecule is CCOC1CCC(n2cc(NC(=O)c3csc(-c4cnn(COP(=O)([O-])O)c4)n3)c(-c3nc(F)ccc3F)n2)CC1. The number of ether oxygens (including phenoxy) is 1. The Kier molecular flexibility index (Phi) is 8.68. The number of nitrogens with one attached hydrogen (secondary N) is 1. The Bertz CT molecular complexity index is 1580. The lowest BCUT2D eigenvalue weighted by molar-refractivity contribution is -0.223. The Labute approximate surface area is 236 Å². The molecule has 17 heteroatoms. The molecule has 1 fully saturated rings. The van der Waals surface area contributed by atoms with Gasteiger partial charge in [0.05, 0.1) is 24.0 Å². The van der Waals surface area contributed by atoms with E-state index in [0.717, 1.165) is 53.8 Å². The number of anilines is 1.